The quantitative estimate of drug-likeness (QED) is 0.806. The summed E-state index contributed by atoms with van der Waals surface area (Å²) < 4.78 is 26.3. The van der Waals surface area contributed by atoms with Crippen LogP contribution in [0.5, 0.6) is 0 Å². The van der Waals surface area contributed by atoms with Gasteiger partial charge in [-0.3, -0.25) is 0 Å². The lowest BCUT2D eigenvalue weighted by Crippen LogP contribution is -2.37. The van der Waals surface area contributed by atoms with E-state index in [4.69, 9.17) is 5.11 Å². The van der Waals surface area contributed by atoms with Gasteiger partial charge in [-0.25, -0.2) is 0 Å². The Kier molecular flexibility index (Phi) is 5.51. The summed E-state index contributed by atoms with van der Waals surface area (Å²) in [4.78, 5) is 0. The molecule has 0 unspecified atom stereocenters. The van der Waals surface area contributed by atoms with Crippen LogP contribution in [0.1, 0.15) is 11.1 Å². The first kappa shape index (κ1) is 15.7. The summed E-state index contributed by atoms with van der Waals surface area (Å²) in [5.74, 6) is 5.38. The molecule has 1 N–H and O–H groups in total. The standard InChI is InChI=1S/C13H18N2O3S/c1-14(2)19(17,18)15(3)11-13-8-5-4-7-12(13)9-6-10-16/h4-5,7-8,16H,10-11H2,1-3H3. The SMILES string of the molecule is CN(C)S(=O)(=O)N(C)Cc1ccccc1C#CCO. The number of aliphatic hydroxyl groups is 1. The van der Waals surface area contributed by atoms with Crippen molar-refractivity contribution in [1.82, 2.24) is 8.61 Å². The van der Waals surface area contributed by atoms with Crippen molar-refractivity contribution in [3.05, 3.63) is 35.4 Å². The maximum Gasteiger partial charge on any atom is 0.281 e. The molecule has 1 rings (SSSR count). The highest BCUT2D eigenvalue weighted by atomic mass is 32.2. The number of hydrogen-bond donors (Lipinski definition) is 1. The Labute approximate surface area is 114 Å². The van der Waals surface area contributed by atoms with Gasteiger partial charge < -0.3 is 5.11 Å². The minimum absolute atomic E-state index is 0.222. The molecule has 0 saturated heterocycles. The normalized spacial score (nSPS) is 11.5. The summed E-state index contributed by atoms with van der Waals surface area (Å²) in [6.45, 7) is 0.0109. The second-order valence-corrected chi connectivity index (χ2v) is 6.41. The molecule has 0 aliphatic heterocycles. The summed E-state index contributed by atoms with van der Waals surface area (Å²) in [7, 11) is 1.05. The topological polar surface area (TPSA) is 60.9 Å². The predicted molar refractivity (Wildman–Crippen MR) is 74.5 cm³/mol. The Bertz CT molecular complexity index is 585. The summed E-state index contributed by atoms with van der Waals surface area (Å²) in [5.41, 5.74) is 1.52. The van der Waals surface area contributed by atoms with Gasteiger partial charge in [0.25, 0.3) is 10.2 Å². The van der Waals surface area contributed by atoms with E-state index in [-0.39, 0.29) is 13.2 Å². The molecule has 0 aliphatic rings. The summed E-state index contributed by atoms with van der Waals surface area (Å²) >= 11 is 0. The van der Waals surface area contributed by atoms with Crippen LogP contribution in [0.15, 0.2) is 24.3 Å². The van der Waals surface area contributed by atoms with Gasteiger partial charge in [0.05, 0.1) is 0 Å². The van der Waals surface area contributed by atoms with Crippen molar-refractivity contribution in [3.8, 4) is 11.8 Å². The molecule has 0 aromatic heterocycles. The Morgan fingerprint density at radius 2 is 1.84 bits per heavy atom. The zero-order valence-corrected chi connectivity index (χ0v) is 12.1. The zero-order chi connectivity index (χ0) is 14.5. The average molecular weight is 282 g/mol. The number of rotatable bonds is 4. The highest BCUT2D eigenvalue weighted by Crippen LogP contribution is 2.13. The molecule has 19 heavy (non-hydrogen) atoms. The molecular formula is C13H18N2O3S. The first-order chi connectivity index (χ1) is 8.89. The molecule has 0 amide bonds. The molecule has 104 valence electrons. The molecule has 0 atom stereocenters. The maximum atomic E-state index is 11.9. The molecule has 0 bridgehead atoms. The van der Waals surface area contributed by atoms with Gasteiger partial charge in [-0.05, 0) is 11.6 Å². The summed E-state index contributed by atoms with van der Waals surface area (Å²) in [6, 6.07) is 7.28. The highest BCUT2D eigenvalue weighted by molar-refractivity contribution is 7.86. The van der Waals surface area contributed by atoms with Crippen LogP contribution in [0.4, 0.5) is 0 Å². The molecule has 1 aromatic rings. The van der Waals surface area contributed by atoms with E-state index in [1.165, 1.54) is 25.4 Å². The van der Waals surface area contributed by atoms with Crippen molar-refractivity contribution >= 4 is 10.2 Å². The van der Waals surface area contributed by atoms with Crippen LogP contribution in [0.3, 0.4) is 0 Å². The van der Waals surface area contributed by atoms with Gasteiger partial charge in [-0.1, -0.05) is 30.0 Å². The van der Waals surface area contributed by atoms with E-state index in [0.29, 0.717) is 0 Å². The lowest BCUT2D eigenvalue weighted by Gasteiger charge is -2.21. The molecule has 0 spiro atoms. The molecule has 0 saturated carbocycles. The van der Waals surface area contributed by atoms with Crippen LogP contribution < -0.4 is 0 Å². The van der Waals surface area contributed by atoms with E-state index in [2.05, 4.69) is 11.8 Å². The third-order valence-corrected chi connectivity index (χ3v) is 4.41. The Morgan fingerprint density at radius 1 is 1.21 bits per heavy atom. The van der Waals surface area contributed by atoms with Crippen molar-refractivity contribution in [2.45, 2.75) is 6.54 Å². The van der Waals surface area contributed by atoms with Gasteiger partial charge >= 0.3 is 0 Å². The fraction of sp³-hybridized carbons (Fsp3) is 0.385. The van der Waals surface area contributed by atoms with Gasteiger partial charge in [-0.15, -0.1) is 0 Å². The van der Waals surface area contributed by atoms with E-state index < -0.39 is 10.2 Å². The second-order valence-electron chi connectivity index (χ2n) is 4.16. The van der Waals surface area contributed by atoms with E-state index in [1.807, 2.05) is 18.2 Å². The number of benzene rings is 1. The lowest BCUT2D eigenvalue weighted by atomic mass is 10.1. The van der Waals surface area contributed by atoms with Crippen LogP contribution in [0, 0.1) is 11.8 Å². The van der Waals surface area contributed by atoms with Crippen LogP contribution in [0.25, 0.3) is 0 Å². The monoisotopic (exact) mass is 282 g/mol. The number of hydrogen-bond acceptors (Lipinski definition) is 3. The van der Waals surface area contributed by atoms with Crippen molar-refractivity contribution < 1.29 is 13.5 Å². The summed E-state index contributed by atoms with van der Waals surface area (Å²) in [6.07, 6.45) is 0. The Morgan fingerprint density at radius 3 is 2.42 bits per heavy atom. The van der Waals surface area contributed by atoms with E-state index >= 15 is 0 Å². The molecule has 0 radical (unpaired) electrons. The van der Waals surface area contributed by atoms with Gasteiger partial charge in [-0.2, -0.15) is 17.0 Å². The largest absolute Gasteiger partial charge is 0.384 e. The van der Waals surface area contributed by atoms with E-state index in [1.54, 1.807) is 6.07 Å². The fourth-order valence-electron chi connectivity index (χ4n) is 1.52. The molecule has 0 aliphatic carbocycles. The number of nitrogens with zero attached hydrogens (tertiary/aromatic N) is 2. The van der Waals surface area contributed by atoms with Crippen molar-refractivity contribution in [2.75, 3.05) is 27.7 Å². The highest BCUT2D eigenvalue weighted by Gasteiger charge is 2.20. The van der Waals surface area contributed by atoms with Gasteiger partial charge in [0.2, 0.25) is 0 Å². The molecule has 0 fully saturated rings. The van der Waals surface area contributed by atoms with Crippen LogP contribution >= 0.6 is 0 Å². The minimum Gasteiger partial charge on any atom is -0.384 e. The van der Waals surface area contributed by atoms with Crippen molar-refractivity contribution in [1.29, 1.82) is 0 Å². The van der Waals surface area contributed by atoms with Gasteiger partial charge in [0.15, 0.2) is 0 Å². The fourth-order valence-corrected chi connectivity index (χ4v) is 2.37. The maximum absolute atomic E-state index is 11.9. The first-order valence-electron chi connectivity index (χ1n) is 5.71. The number of aliphatic hydroxyl groups excluding tert-OH is 1. The van der Waals surface area contributed by atoms with Gasteiger partial charge in [0, 0.05) is 33.3 Å². The first-order valence-corrected chi connectivity index (χ1v) is 7.10. The third-order valence-electron chi connectivity index (χ3n) is 2.57. The molecule has 6 heteroatoms. The van der Waals surface area contributed by atoms with E-state index in [0.717, 1.165) is 15.4 Å². The zero-order valence-electron chi connectivity index (χ0n) is 11.3. The van der Waals surface area contributed by atoms with Gasteiger partial charge in [0.1, 0.15) is 6.61 Å². The Hall–Kier alpha value is -1.39. The van der Waals surface area contributed by atoms with Crippen LogP contribution in [0.2, 0.25) is 0 Å². The second kappa shape index (κ2) is 6.68. The predicted octanol–water partition coefficient (Wildman–Crippen LogP) is 0.269. The molecule has 5 nitrogen and oxygen atoms in total. The van der Waals surface area contributed by atoms with Crippen LogP contribution in [-0.4, -0.2) is 49.9 Å². The Balaban J connectivity index is 3.01. The summed E-state index contributed by atoms with van der Waals surface area (Å²) in [5, 5.41) is 8.72. The minimum atomic E-state index is -3.44. The van der Waals surface area contributed by atoms with E-state index in [9.17, 15) is 8.42 Å². The van der Waals surface area contributed by atoms with Crippen LogP contribution in [-0.2, 0) is 16.8 Å². The van der Waals surface area contributed by atoms with Crippen molar-refractivity contribution in [3.63, 3.8) is 0 Å². The smallest absolute Gasteiger partial charge is 0.281 e. The average Bonchev–Trinajstić information content (AvgIpc) is 2.37. The van der Waals surface area contributed by atoms with Crippen molar-refractivity contribution in [2.24, 2.45) is 0 Å². The third kappa shape index (κ3) is 4.04. The lowest BCUT2D eigenvalue weighted by molar-refractivity contribution is 0.350. The molecule has 0 heterocycles. The molecule has 1 aromatic carbocycles. The molecular weight excluding hydrogens is 264 g/mol.